The maximum atomic E-state index is 14.6. The predicted molar refractivity (Wildman–Crippen MR) is 143 cm³/mol. The first-order valence-corrected chi connectivity index (χ1v) is 14.3. The third kappa shape index (κ3) is 8.23. The van der Waals surface area contributed by atoms with Crippen LogP contribution < -0.4 is 20.9 Å². The van der Waals surface area contributed by atoms with Crippen molar-refractivity contribution < 1.29 is 44.3 Å². The number of hydrogen-bond acceptors (Lipinski definition) is 8. The van der Waals surface area contributed by atoms with Crippen LogP contribution in [0.25, 0.3) is 6.08 Å². The van der Waals surface area contributed by atoms with Crippen LogP contribution in [-0.2, 0) is 25.0 Å². The number of aliphatic imine (C=N–C) groups is 1. The minimum atomic E-state index is -4.79. The Labute approximate surface area is 231 Å². The summed E-state index contributed by atoms with van der Waals surface area (Å²) in [4.78, 5) is 14.1. The van der Waals surface area contributed by atoms with Gasteiger partial charge < -0.3 is 20.9 Å². The molecule has 0 heterocycles. The molecule has 0 aliphatic rings. The van der Waals surface area contributed by atoms with Gasteiger partial charge in [0, 0.05) is 16.2 Å². The fraction of sp³-hybridized carbons (Fsp3) is 0.0435. The summed E-state index contributed by atoms with van der Waals surface area (Å²) in [5.41, 5.74) is 10.2. The smallest absolute Gasteiger partial charge is 0.294 e. The van der Waals surface area contributed by atoms with E-state index in [0.29, 0.717) is 11.0 Å². The molecule has 0 atom stereocenters. The molecule has 3 rings (SSSR count). The number of hydrogen-bond donors (Lipinski definition) is 5. The number of anilines is 1. The lowest BCUT2D eigenvalue weighted by molar-refractivity contribution is -0.114. The van der Waals surface area contributed by atoms with Crippen molar-refractivity contribution in [1.29, 1.82) is 0 Å². The van der Waals surface area contributed by atoms with Crippen LogP contribution in [0.5, 0.6) is 11.5 Å². The number of halogens is 2. The maximum absolute atomic E-state index is 14.6. The SMILES string of the molecule is C/C(=C\c1cc(F)c(Oc2ccc(SNc3cc(S(=O)(=O)O)cc(S(=O)(=O)O)c3)cc2)c(F)c1)C(=O)N=C(N)N. The van der Waals surface area contributed by atoms with E-state index in [-0.39, 0.29) is 22.6 Å². The first kappa shape index (κ1) is 30.5. The monoisotopic (exact) mass is 614 g/mol. The van der Waals surface area contributed by atoms with E-state index in [1.54, 1.807) is 0 Å². The van der Waals surface area contributed by atoms with Crippen LogP contribution in [0, 0.1) is 11.6 Å². The maximum Gasteiger partial charge on any atom is 0.294 e. The van der Waals surface area contributed by atoms with Crippen molar-refractivity contribution in [3.05, 3.63) is 77.4 Å². The fourth-order valence-corrected chi connectivity index (χ4v) is 4.82. The summed E-state index contributed by atoms with van der Waals surface area (Å²) in [6, 6.07) is 10.0. The molecule has 3 aromatic carbocycles. The van der Waals surface area contributed by atoms with E-state index < -0.39 is 59.3 Å². The van der Waals surface area contributed by atoms with Gasteiger partial charge in [-0.05, 0) is 85.1 Å². The van der Waals surface area contributed by atoms with Crippen LogP contribution >= 0.6 is 11.9 Å². The second-order valence-corrected chi connectivity index (χ2v) is 11.6. The normalized spacial score (nSPS) is 12.1. The summed E-state index contributed by atoms with van der Waals surface area (Å²) in [6.07, 6.45) is 1.19. The van der Waals surface area contributed by atoms with E-state index in [0.717, 1.165) is 36.2 Å². The van der Waals surface area contributed by atoms with Crippen LogP contribution in [0.15, 0.2) is 79.8 Å². The molecule has 0 fully saturated rings. The molecular formula is C23H20F2N4O8S3. The lowest BCUT2D eigenvalue weighted by Gasteiger charge is -2.11. The van der Waals surface area contributed by atoms with Crippen LogP contribution in [0.2, 0.25) is 0 Å². The first-order chi connectivity index (χ1) is 18.5. The second-order valence-electron chi connectivity index (χ2n) is 7.90. The van der Waals surface area contributed by atoms with Crippen molar-refractivity contribution >= 4 is 55.8 Å². The van der Waals surface area contributed by atoms with Gasteiger partial charge in [-0.1, -0.05) is 0 Å². The molecule has 1 amide bonds. The minimum absolute atomic E-state index is 0.0204. The summed E-state index contributed by atoms with van der Waals surface area (Å²) in [5.74, 6) is -4.01. The lowest BCUT2D eigenvalue weighted by atomic mass is 10.1. The van der Waals surface area contributed by atoms with E-state index in [9.17, 15) is 39.5 Å². The molecule has 0 aromatic heterocycles. The van der Waals surface area contributed by atoms with Gasteiger partial charge in [0.05, 0.1) is 9.79 Å². The fourth-order valence-electron chi connectivity index (χ4n) is 3.02. The number of carbonyl (C=O) groups excluding carboxylic acids is 1. The molecule has 0 spiro atoms. The Bertz CT molecular complexity index is 1670. The molecular weight excluding hydrogens is 594 g/mol. The van der Waals surface area contributed by atoms with Crippen LogP contribution in [0.3, 0.4) is 0 Å². The molecule has 40 heavy (non-hydrogen) atoms. The largest absolute Gasteiger partial charge is 0.451 e. The summed E-state index contributed by atoms with van der Waals surface area (Å²) >= 11 is 0.881. The molecule has 0 radical (unpaired) electrons. The highest BCUT2D eigenvalue weighted by atomic mass is 32.2. The molecule has 7 N–H and O–H groups in total. The van der Waals surface area contributed by atoms with Crippen LogP contribution in [0.1, 0.15) is 12.5 Å². The third-order valence-electron chi connectivity index (χ3n) is 4.78. The number of ether oxygens (including phenoxy) is 1. The highest BCUT2D eigenvalue weighted by Crippen LogP contribution is 2.32. The molecule has 0 bridgehead atoms. The van der Waals surface area contributed by atoms with E-state index in [1.807, 2.05) is 0 Å². The van der Waals surface area contributed by atoms with Crippen molar-refractivity contribution in [2.45, 2.75) is 21.6 Å². The standard InChI is InChI=1S/C23H20F2N4O8S3/c1-12(22(30)28-23(26)27)6-13-7-19(24)21(20(25)8-13)37-15-2-4-16(5-3-15)38-29-14-9-17(39(31,32)33)11-18(10-14)40(34,35)36/h2-11,29H,1H3,(H,31,32,33)(H,34,35,36)(H4,26,27,28,30)/b12-6+. The van der Waals surface area contributed by atoms with Gasteiger partial charge in [-0.2, -0.15) is 21.8 Å². The molecule has 0 unspecified atom stereocenters. The lowest BCUT2D eigenvalue weighted by Crippen LogP contribution is -2.24. The van der Waals surface area contributed by atoms with Gasteiger partial charge in [-0.25, -0.2) is 8.78 Å². The molecule has 17 heteroatoms. The van der Waals surface area contributed by atoms with Gasteiger partial charge in [-0.3, -0.25) is 13.9 Å². The molecule has 0 saturated heterocycles. The summed E-state index contributed by atoms with van der Waals surface area (Å²) in [5, 5.41) is 0. The number of nitrogens with one attached hydrogen (secondary N) is 1. The highest BCUT2D eigenvalue weighted by Gasteiger charge is 2.19. The van der Waals surface area contributed by atoms with Gasteiger partial charge >= 0.3 is 0 Å². The quantitative estimate of drug-likeness (QED) is 0.0770. The Morgan fingerprint density at radius 2 is 1.48 bits per heavy atom. The van der Waals surface area contributed by atoms with E-state index in [4.69, 9.17) is 16.2 Å². The van der Waals surface area contributed by atoms with Gasteiger partial charge in [-0.15, -0.1) is 0 Å². The average Bonchev–Trinajstić information content (AvgIpc) is 2.84. The Hall–Kier alpha value is -4.03. The van der Waals surface area contributed by atoms with Crippen molar-refractivity contribution in [3.8, 4) is 11.5 Å². The second kappa shape index (κ2) is 12.0. The van der Waals surface area contributed by atoms with Gasteiger partial charge in [0.2, 0.25) is 0 Å². The van der Waals surface area contributed by atoms with Crippen LogP contribution in [-0.4, -0.2) is 37.8 Å². The average molecular weight is 615 g/mol. The third-order valence-corrected chi connectivity index (χ3v) is 7.29. The number of guanidine groups is 1. The van der Waals surface area contributed by atoms with Crippen molar-refractivity contribution in [2.24, 2.45) is 16.5 Å². The summed E-state index contributed by atoms with van der Waals surface area (Å²) in [7, 11) is -9.57. The first-order valence-electron chi connectivity index (χ1n) is 10.6. The number of benzene rings is 3. The topological polar surface area (TPSA) is 211 Å². The van der Waals surface area contributed by atoms with E-state index >= 15 is 0 Å². The number of nitrogens with zero attached hydrogens (tertiary/aromatic N) is 1. The zero-order chi connectivity index (χ0) is 29.8. The van der Waals surface area contributed by atoms with Gasteiger partial charge in [0.15, 0.2) is 23.3 Å². The van der Waals surface area contributed by atoms with Gasteiger partial charge in [0.25, 0.3) is 26.1 Å². The van der Waals surface area contributed by atoms with Crippen molar-refractivity contribution in [1.82, 2.24) is 0 Å². The zero-order valence-corrected chi connectivity index (χ0v) is 22.6. The highest BCUT2D eigenvalue weighted by molar-refractivity contribution is 8.00. The molecule has 0 saturated carbocycles. The number of amides is 1. The summed E-state index contributed by atoms with van der Waals surface area (Å²) in [6.45, 7) is 1.36. The predicted octanol–water partition coefficient (Wildman–Crippen LogP) is 3.57. The number of carbonyl (C=O) groups is 1. The molecule has 3 aromatic rings. The van der Waals surface area contributed by atoms with Crippen molar-refractivity contribution in [2.75, 3.05) is 4.72 Å². The van der Waals surface area contributed by atoms with E-state index in [2.05, 4.69) is 9.71 Å². The summed E-state index contributed by atoms with van der Waals surface area (Å²) < 4.78 is 101. The van der Waals surface area contributed by atoms with Crippen molar-refractivity contribution in [3.63, 3.8) is 0 Å². The van der Waals surface area contributed by atoms with Gasteiger partial charge in [0.1, 0.15) is 5.75 Å². The Balaban J connectivity index is 1.75. The minimum Gasteiger partial charge on any atom is -0.451 e. The Kier molecular flexibility index (Phi) is 9.16. The van der Waals surface area contributed by atoms with Crippen LogP contribution in [0.4, 0.5) is 14.5 Å². The molecule has 12 nitrogen and oxygen atoms in total. The Morgan fingerprint density at radius 3 is 1.95 bits per heavy atom. The zero-order valence-electron chi connectivity index (χ0n) is 20.2. The number of nitrogens with two attached hydrogens (primary N) is 2. The van der Waals surface area contributed by atoms with E-state index in [1.165, 1.54) is 37.3 Å². The Morgan fingerprint density at radius 1 is 0.950 bits per heavy atom. The molecule has 0 aliphatic carbocycles. The molecule has 0 aliphatic heterocycles. The molecule has 212 valence electrons. The number of rotatable bonds is 9.